The third-order valence-electron chi connectivity index (χ3n) is 9.33. The Labute approximate surface area is 216 Å². The molecular formula is C30H41BN2O3. The van der Waals surface area contributed by atoms with Crippen LogP contribution in [-0.4, -0.2) is 36.7 Å². The monoisotopic (exact) mass is 488 g/mol. The summed E-state index contributed by atoms with van der Waals surface area (Å²) in [6, 6.07) is 19.4. The van der Waals surface area contributed by atoms with Crippen molar-refractivity contribution in [3.63, 3.8) is 0 Å². The summed E-state index contributed by atoms with van der Waals surface area (Å²) in [5, 5.41) is 3.27. The molecule has 0 aromatic heterocycles. The number of hydrogen-bond donors (Lipinski definition) is 2. The molecule has 192 valence electrons. The van der Waals surface area contributed by atoms with E-state index in [2.05, 4.69) is 39.9 Å². The van der Waals surface area contributed by atoms with Gasteiger partial charge in [0.05, 0.1) is 23.7 Å². The predicted molar refractivity (Wildman–Crippen MR) is 144 cm³/mol. The minimum absolute atomic E-state index is 0.0842. The first-order valence-corrected chi connectivity index (χ1v) is 13.6. The average Bonchev–Trinajstić information content (AvgIpc) is 3.22. The number of nitrogens with one attached hydrogen (secondary N) is 1. The number of carbonyl (C=O) groups is 1. The molecule has 0 radical (unpaired) electrons. The highest BCUT2D eigenvalue weighted by atomic mass is 16.7. The number of benzene rings is 2. The van der Waals surface area contributed by atoms with Crippen LogP contribution in [0.5, 0.6) is 0 Å². The van der Waals surface area contributed by atoms with Crippen molar-refractivity contribution in [1.29, 1.82) is 0 Å². The quantitative estimate of drug-likeness (QED) is 0.516. The normalized spacial score (nSPS) is 30.0. The molecule has 4 fully saturated rings. The molecule has 6 rings (SSSR count). The van der Waals surface area contributed by atoms with Crippen LogP contribution in [-0.2, 0) is 14.1 Å². The smallest absolute Gasteiger partial charge is 0.404 e. The van der Waals surface area contributed by atoms with Gasteiger partial charge in [-0.05, 0) is 60.5 Å². The largest absolute Gasteiger partial charge is 0.481 e. The van der Waals surface area contributed by atoms with E-state index in [1.807, 2.05) is 60.7 Å². The summed E-state index contributed by atoms with van der Waals surface area (Å²) in [5.41, 5.74) is 8.75. The lowest BCUT2D eigenvalue weighted by Gasteiger charge is -2.64. The van der Waals surface area contributed by atoms with Crippen LogP contribution in [0.1, 0.15) is 70.9 Å². The molecule has 3 saturated carbocycles. The van der Waals surface area contributed by atoms with E-state index in [0.717, 1.165) is 24.0 Å². The van der Waals surface area contributed by atoms with Gasteiger partial charge in [-0.2, -0.15) is 0 Å². The molecule has 36 heavy (non-hydrogen) atoms. The van der Waals surface area contributed by atoms with Crippen molar-refractivity contribution in [1.82, 2.24) is 5.32 Å². The molecule has 2 aromatic carbocycles. The number of hydrogen-bond acceptors (Lipinski definition) is 4. The molecular weight excluding hydrogens is 447 g/mol. The van der Waals surface area contributed by atoms with Gasteiger partial charge in [-0.1, -0.05) is 88.4 Å². The van der Waals surface area contributed by atoms with Crippen LogP contribution >= 0.6 is 0 Å². The second-order valence-electron chi connectivity index (χ2n) is 12.4. The topological polar surface area (TPSA) is 73.6 Å². The first-order valence-electron chi connectivity index (χ1n) is 13.6. The maximum Gasteiger partial charge on any atom is 0.481 e. The van der Waals surface area contributed by atoms with E-state index in [4.69, 9.17) is 15.0 Å². The lowest BCUT2D eigenvalue weighted by molar-refractivity contribution is -0.199. The summed E-state index contributed by atoms with van der Waals surface area (Å²) in [6.07, 6.45) is 3.09. The van der Waals surface area contributed by atoms with Gasteiger partial charge in [-0.15, -0.1) is 0 Å². The first kappa shape index (κ1) is 25.5. The molecule has 6 atom stereocenters. The Balaban J connectivity index is 1.36. The fourth-order valence-corrected chi connectivity index (χ4v) is 7.18. The van der Waals surface area contributed by atoms with Crippen molar-refractivity contribution in [3.8, 4) is 0 Å². The molecule has 5 nitrogen and oxygen atoms in total. The molecule has 3 N–H and O–H groups in total. The van der Waals surface area contributed by atoms with E-state index in [0.29, 0.717) is 17.8 Å². The lowest BCUT2D eigenvalue weighted by atomic mass is 9.43. The second kappa shape index (κ2) is 9.62. The number of carbonyl (C=O) groups excluding carboxylic acids is 1. The van der Waals surface area contributed by atoms with Crippen molar-refractivity contribution in [2.75, 3.05) is 0 Å². The van der Waals surface area contributed by atoms with E-state index < -0.39 is 13.2 Å². The molecule has 3 aliphatic carbocycles. The van der Waals surface area contributed by atoms with Crippen LogP contribution in [0.2, 0.25) is 0 Å². The van der Waals surface area contributed by atoms with Gasteiger partial charge in [0.25, 0.3) is 0 Å². The van der Waals surface area contributed by atoms with E-state index in [1.54, 1.807) is 0 Å². The molecule has 6 heteroatoms. The Hall–Kier alpha value is -2.15. The van der Waals surface area contributed by atoms with Crippen LogP contribution in [0.4, 0.5) is 0 Å². The van der Waals surface area contributed by atoms with Crippen LogP contribution in [0.3, 0.4) is 0 Å². The zero-order chi connectivity index (χ0) is 25.7. The molecule has 0 spiro atoms. The SMILES string of the molecule is CC(C)C[C@H](NC(=O)[C@@H](N)C(c1ccccc1)c1ccccc1)B1O[C@@H]2C[C@@H]3C[C@@H](C3(C)C)[C@]2(C)O1. The zero-order valence-corrected chi connectivity index (χ0v) is 22.3. The van der Waals surface area contributed by atoms with Gasteiger partial charge < -0.3 is 20.4 Å². The first-order chi connectivity index (χ1) is 17.1. The van der Waals surface area contributed by atoms with Crippen molar-refractivity contribution in [3.05, 3.63) is 71.8 Å². The third-order valence-corrected chi connectivity index (χ3v) is 9.33. The fourth-order valence-electron chi connectivity index (χ4n) is 7.18. The highest BCUT2D eigenvalue weighted by Gasteiger charge is 2.68. The average molecular weight is 488 g/mol. The highest BCUT2D eigenvalue weighted by molar-refractivity contribution is 6.47. The molecule has 1 heterocycles. The maximum absolute atomic E-state index is 13.7. The van der Waals surface area contributed by atoms with Crippen LogP contribution in [0.25, 0.3) is 0 Å². The standard InChI is InChI=1S/C30H41BN2O3/c1-19(2)16-25(31-35-24-18-22-17-23(29(22,3)4)30(24,5)36-31)33-28(34)27(32)26(20-12-8-6-9-13-20)21-14-10-7-11-15-21/h6-15,19,22-27H,16-18,32H2,1-5H3,(H,33,34)/t22-,23-,24+,25-,27-,30-/m0/s1. The highest BCUT2D eigenvalue weighted by Crippen LogP contribution is 2.65. The van der Waals surface area contributed by atoms with Gasteiger partial charge in [0.1, 0.15) is 0 Å². The Bertz CT molecular complexity index is 1020. The van der Waals surface area contributed by atoms with Crippen LogP contribution < -0.4 is 11.1 Å². The lowest BCUT2D eigenvalue weighted by Crippen LogP contribution is -2.65. The fraction of sp³-hybridized carbons (Fsp3) is 0.567. The number of nitrogens with two attached hydrogens (primary N) is 1. The Morgan fingerprint density at radius 3 is 2.14 bits per heavy atom. The van der Waals surface area contributed by atoms with Gasteiger partial charge >= 0.3 is 7.12 Å². The molecule has 1 aliphatic heterocycles. The third kappa shape index (κ3) is 4.42. The number of amides is 1. The predicted octanol–water partition coefficient (Wildman–Crippen LogP) is 4.94. The minimum atomic E-state index is -0.740. The zero-order valence-electron chi connectivity index (χ0n) is 22.3. The van der Waals surface area contributed by atoms with Crippen LogP contribution in [0.15, 0.2) is 60.7 Å². The molecule has 2 aromatic rings. The van der Waals surface area contributed by atoms with Crippen LogP contribution in [0, 0.1) is 23.2 Å². The Morgan fingerprint density at radius 2 is 1.61 bits per heavy atom. The van der Waals surface area contributed by atoms with Gasteiger partial charge in [0.15, 0.2) is 0 Å². The second-order valence-corrected chi connectivity index (χ2v) is 12.4. The maximum atomic E-state index is 13.7. The van der Waals surface area contributed by atoms with Crippen molar-refractivity contribution < 1.29 is 14.1 Å². The van der Waals surface area contributed by atoms with Gasteiger partial charge in [-0.3, -0.25) is 4.79 Å². The Kier molecular flexibility index (Phi) is 6.82. The minimum Gasteiger partial charge on any atom is -0.404 e. The van der Waals surface area contributed by atoms with E-state index in [-0.39, 0.29) is 34.9 Å². The summed E-state index contributed by atoms with van der Waals surface area (Å²) in [5.74, 6) is 0.876. The Morgan fingerprint density at radius 1 is 1.03 bits per heavy atom. The summed E-state index contributed by atoms with van der Waals surface area (Å²) in [6.45, 7) is 11.3. The summed E-state index contributed by atoms with van der Waals surface area (Å²) < 4.78 is 13.3. The van der Waals surface area contributed by atoms with E-state index in [9.17, 15) is 4.79 Å². The summed E-state index contributed by atoms with van der Waals surface area (Å²) in [7, 11) is -0.458. The molecule has 1 saturated heterocycles. The van der Waals surface area contributed by atoms with Gasteiger partial charge in [0.2, 0.25) is 5.91 Å². The van der Waals surface area contributed by atoms with Gasteiger partial charge in [0, 0.05) is 5.92 Å². The van der Waals surface area contributed by atoms with Gasteiger partial charge in [-0.25, -0.2) is 0 Å². The summed E-state index contributed by atoms with van der Waals surface area (Å²) in [4.78, 5) is 13.7. The van der Waals surface area contributed by atoms with Crippen molar-refractivity contribution in [2.24, 2.45) is 28.9 Å². The van der Waals surface area contributed by atoms with Crippen molar-refractivity contribution in [2.45, 2.75) is 83.5 Å². The number of rotatable bonds is 8. The molecule has 1 amide bonds. The molecule has 2 bridgehead atoms. The summed E-state index contributed by atoms with van der Waals surface area (Å²) >= 11 is 0. The van der Waals surface area contributed by atoms with E-state index >= 15 is 0 Å². The molecule has 4 aliphatic rings. The van der Waals surface area contributed by atoms with E-state index in [1.165, 1.54) is 6.42 Å². The van der Waals surface area contributed by atoms with Crippen molar-refractivity contribution >= 4 is 13.0 Å². The molecule has 0 unspecified atom stereocenters.